The number of rotatable bonds is 7. The molecule has 0 aliphatic carbocycles. The third kappa shape index (κ3) is 5.89. The largest absolute Gasteiger partial charge is 0.492 e. The molecule has 0 bridgehead atoms. The van der Waals surface area contributed by atoms with Crippen LogP contribution in [-0.2, 0) is 4.79 Å². The minimum Gasteiger partial charge on any atom is -0.492 e. The lowest BCUT2D eigenvalue weighted by Gasteiger charge is -2.14. The Morgan fingerprint density at radius 2 is 2.24 bits per heavy atom. The van der Waals surface area contributed by atoms with Gasteiger partial charge in [0.05, 0.1) is 11.1 Å². The molecule has 1 aliphatic rings. The molecule has 0 saturated heterocycles. The highest BCUT2D eigenvalue weighted by atomic mass is 79.9. The fourth-order valence-corrected chi connectivity index (χ4v) is 2.51. The second-order valence-corrected chi connectivity index (χ2v) is 5.83. The summed E-state index contributed by atoms with van der Waals surface area (Å²) >= 11 is 3.43. The van der Waals surface area contributed by atoms with Crippen molar-refractivity contribution in [2.24, 2.45) is 0 Å². The molecule has 0 spiro atoms. The molecule has 1 aromatic rings. The summed E-state index contributed by atoms with van der Waals surface area (Å²) < 4.78 is 6.57. The van der Waals surface area contributed by atoms with Gasteiger partial charge in [0.25, 0.3) is 0 Å². The zero-order valence-electron chi connectivity index (χ0n) is 12.0. The van der Waals surface area contributed by atoms with Crippen molar-refractivity contribution in [3.05, 3.63) is 40.4 Å². The Morgan fingerprint density at radius 3 is 3.00 bits per heavy atom. The Hall–Kier alpha value is -1.33. The number of halogens is 1. The molecule has 5 heteroatoms. The molecular formula is C16H21BrN2O2. The van der Waals surface area contributed by atoms with Crippen molar-refractivity contribution >= 4 is 21.8 Å². The molecule has 0 saturated carbocycles. The van der Waals surface area contributed by atoms with Crippen molar-refractivity contribution in [1.82, 2.24) is 10.6 Å². The number of amides is 1. The van der Waals surface area contributed by atoms with Gasteiger partial charge >= 0.3 is 0 Å². The van der Waals surface area contributed by atoms with Crippen LogP contribution in [0.5, 0.6) is 5.75 Å². The van der Waals surface area contributed by atoms with E-state index in [1.54, 1.807) is 0 Å². The van der Waals surface area contributed by atoms with Crippen molar-refractivity contribution in [1.29, 1.82) is 0 Å². The Morgan fingerprint density at radius 1 is 1.38 bits per heavy atom. The van der Waals surface area contributed by atoms with Crippen molar-refractivity contribution in [3.8, 4) is 5.75 Å². The topological polar surface area (TPSA) is 50.4 Å². The van der Waals surface area contributed by atoms with Crippen LogP contribution in [0.2, 0.25) is 0 Å². The SMILES string of the molecule is O=C(CCCOc1ccccc1Br)NCC1=CCNCC1. The maximum absolute atomic E-state index is 11.7. The van der Waals surface area contributed by atoms with E-state index in [0.717, 1.165) is 29.7 Å². The molecule has 0 fully saturated rings. The molecule has 0 radical (unpaired) electrons. The van der Waals surface area contributed by atoms with Gasteiger partial charge in [-0.2, -0.15) is 0 Å². The summed E-state index contributed by atoms with van der Waals surface area (Å²) in [7, 11) is 0. The zero-order valence-corrected chi connectivity index (χ0v) is 13.6. The van der Waals surface area contributed by atoms with Crippen LogP contribution in [0.3, 0.4) is 0 Å². The molecule has 1 amide bonds. The lowest BCUT2D eigenvalue weighted by molar-refractivity contribution is -0.121. The second kappa shape index (κ2) is 8.85. The number of carbonyl (C=O) groups excluding carboxylic acids is 1. The first kappa shape index (κ1) is 16.0. The summed E-state index contributed by atoms with van der Waals surface area (Å²) in [6.07, 6.45) is 4.38. The molecule has 2 rings (SSSR count). The van der Waals surface area contributed by atoms with Gasteiger partial charge in [0.2, 0.25) is 5.91 Å². The van der Waals surface area contributed by atoms with E-state index in [9.17, 15) is 4.79 Å². The van der Waals surface area contributed by atoms with E-state index < -0.39 is 0 Å². The summed E-state index contributed by atoms with van der Waals surface area (Å²) in [6.45, 7) is 3.13. The molecule has 0 aromatic heterocycles. The van der Waals surface area contributed by atoms with Gasteiger partial charge in [-0.3, -0.25) is 4.79 Å². The predicted molar refractivity (Wildman–Crippen MR) is 87.5 cm³/mol. The van der Waals surface area contributed by atoms with Gasteiger partial charge in [-0.15, -0.1) is 0 Å². The predicted octanol–water partition coefficient (Wildman–Crippen LogP) is 2.64. The Balaban J connectivity index is 1.59. The van der Waals surface area contributed by atoms with Crippen LogP contribution in [0.25, 0.3) is 0 Å². The molecule has 21 heavy (non-hydrogen) atoms. The van der Waals surface area contributed by atoms with E-state index in [2.05, 4.69) is 32.6 Å². The Bertz CT molecular complexity index is 503. The van der Waals surface area contributed by atoms with E-state index in [-0.39, 0.29) is 5.91 Å². The van der Waals surface area contributed by atoms with Gasteiger partial charge in [-0.1, -0.05) is 23.8 Å². The molecule has 4 nitrogen and oxygen atoms in total. The van der Waals surface area contributed by atoms with E-state index >= 15 is 0 Å². The number of hydrogen-bond acceptors (Lipinski definition) is 3. The lowest BCUT2D eigenvalue weighted by atomic mass is 10.1. The molecule has 1 heterocycles. The van der Waals surface area contributed by atoms with Gasteiger partial charge in [0, 0.05) is 19.5 Å². The van der Waals surface area contributed by atoms with Crippen LogP contribution in [-0.4, -0.2) is 32.1 Å². The van der Waals surface area contributed by atoms with Crippen LogP contribution < -0.4 is 15.4 Å². The summed E-state index contributed by atoms with van der Waals surface area (Å²) in [5.41, 5.74) is 1.31. The average molecular weight is 353 g/mol. The molecule has 114 valence electrons. The summed E-state index contributed by atoms with van der Waals surface area (Å²) in [4.78, 5) is 11.7. The maximum atomic E-state index is 11.7. The summed E-state index contributed by atoms with van der Waals surface area (Å²) in [5.74, 6) is 0.905. The molecule has 1 aromatic carbocycles. The van der Waals surface area contributed by atoms with Crippen LogP contribution in [0.15, 0.2) is 40.4 Å². The smallest absolute Gasteiger partial charge is 0.220 e. The van der Waals surface area contributed by atoms with E-state index in [1.807, 2.05) is 24.3 Å². The van der Waals surface area contributed by atoms with Crippen LogP contribution in [0, 0.1) is 0 Å². The van der Waals surface area contributed by atoms with Crippen LogP contribution in [0.4, 0.5) is 0 Å². The number of para-hydroxylation sites is 1. The first-order chi connectivity index (χ1) is 10.3. The fourth-order valence-electron chi connectivity index (χ4n) is 2.11. The van der Waals surface area contributed by atoms with E-state index in [0.29, 0.717) is 26.0 Å². The minimum atomic E-state index is 0.0881. The zero-order chi connectivity index (χ0) is 14.9. The first-order valence-electron chi connectivity index (χ1n) is 7.28. The monoisotopic (exact) mass is 352 g/mol. The molecule has 0 atom stereocenters. The maximum Gasteiger partial charge on any atom is 0.220 e. The Kier molecular flexibility index (Phi) is 6.76. The quantitative estimate of drug-likeness (QED) is 0.585. The van der Waals surface area contributed by atoms with Crippen LogP contribution >= 0.6 is 15.9 Å². The number of nitrogens with one attached hydrogen (secondary N) is 2. The summed E-state index contributed by atoms with van der Waals surface area (Å²) in [6, 6.07) is 7.72. The normalized spacial score (nSPS) is 14.4. The Labute approximate surface area is 134 Å². The molecule has 1 aliphatic heterocycles. The fraction of sp³-hybridized carbons (Fsp3) is 0.438. The van der Waals surface area contributed by atoms with Gasteiger partial charge in [0.15, 0.2) is 0 Å². The number of hydrogen-bond donors (Lipinski definition) is 2. The minimum absolute atomic E-state index is 0.0881. The number of carbonyl (C=O) groups is 1. The first-order valence-corrected chi connectivity index (χ1v) is 8.07. The number of ether oxygens (including phenoxy) is 1. The van der Waals surface area contributed by atoms with Crippen molar-refractivity contribution in [2.75, 3.05) is 26.2 Å². The highest BCUT2D eigenvalue weighted by Gasteiger charge is 2.06. The van der Waals surface area contributed by atoms with Gasteiger partial charge in [-0.25, -0.2) is 0 Å². The third-order valence-corrected chi connectivity index (χ3v) is 3.97. The standard InChI is InChI=1S/C16H21BrN2O2/c17-14-4-1-2-5-15(14)21-11-3-6-16(20)19-12-13-7-9-18-10-8-13/h1-2,4-5,7,18H,3,6,8-12H2,(H,19,20). The molecule has 2 N–H and O–H groups in total. The van der Waals surface area contributed by atoms with Crippen molar-refractivity contribution in [3.63, 3.8) is 0 Å². The highest BCUT2D eigenvalue weighted by molar-refractivity contribution is 9.10. The van der Waals surface area contributed by atoms with Crippen molar-refractivity contribution < 1.29 is 9.53 Å². The third-order valence-electron chi connectivity index (χ3n) is 3.31. The highest BCUT2D eigenvalue weighted by Crippen LogP contribution is 2.23. The van der Waals surface area contributed by atoms with E-state index in [4.69, 9.17) is 4.74 Å². The second-order valence-electron chi connectivity index (χ2n) is 4.98. The number of benzene rings is 1. The van der Waals surface area contributed by atoms with Crippen LogP contribution in [0.1, 0.15) is 19.3 Å². The van der Waals surface area contributed by atoms with E-state index in [1.165, 1.54) is 5.57 Å². The lowest BCUT2D eigenvalue weighted by Crippen LogP contribution is -2.29. The van der Waals surface area contributed by atoms with Gasteiger partial charge < -0.3 is 15.4 Å². The molecule has 0 unspecified atom stereocenters. The van der Waals surface area contributed by atoms with Gasteiger partial charge in [-0.05, 0) is 47.4 Å². The summed E-state index contributed by atoms with van der Waals surface area (Å²) in [5, 5.41) is 6.22. The average Bonchev–Trinajstić information content (AvgIpc) is 2.52. The van der Waals surface area contributed by atoms with Gasteiger partial charge in [0.1, 0.15) is 5.75 Å². The van der Waals surface area contributed by atoms with Crippen molar-refractivity contribution in [2.45, 2.75) is 19.3 Å². The molecular weight excluding hydrogens is 332 g/mol.